The first-order chi connectivity index (χ1) is 18.6. The van der Waals surface area contributed by atoms with Crippen LogP contribution in [0.5, 0.6) is 11.5 Å². The molecule has 2 aromatic carbocycles. The third-order valence-corrected chi connectivity index (χ3v) is 7.25. The zero-order valence-corrected chi connectivity index (χ0v) is 24.9. The Morgan fingerprint density at radius 2 is 1.79 bits per heavy atom. The number of esters is 1. The molecule has 1 unspecified atom stereocenters. The molecule has 3 aromatic rings. The van der Waals surface area contributed by atoms with Crippen molar-refractivity contribution in [1.29, 1.82) is 0 Å². The number of hydrogen-bond acceptors (Lipinski definition) is 7. The van der Waals surface area contributed by atoms with Crippen molar-refractivity contribution in [2.75, 3.05) is 27.4 Å². The van der Waals surface area contributed by atoms with Gasteiger partial charge >= 0.3 is 5.97 Å². The largest absolute Gasteiger partial charge is 0.497 e. The van der Waals surface area contributed by atoms with Crippen molar-refractivity contribution in [3.05, 3.63) is 57.0 Å². The molecule has 1 aromatic heterocycles. The van der Waals surface area contributed by atoms with Crippen molar-refractivity contribution in [3.63, 3.8) is 0 Å². The van der Waals surface area contributed by atoms with E-state index in [1.807, 2.05) is 13.0 Å². The van der Waals surface area contributed by atoms with Crippen LogP contribution in [0, 0.1) is 5.92 Å². The summed E-state index contributed by atoms with van der Waals surface area (Å²) in [6.07, 6.45) is 0.716. The lowest BCUT2D eigenvalue weighted by Crippen LogP contribution is -2.38. The summed E-state index contributed by atoms with van der Waals surface area (Å²) in [4.78, 5) is 46.1. The molecule has 210 valence electrons. The second kappa shape index (κ2) is 13.6. The van der Waals surface area contributed by atoms with Gasteiger partial charge in [0.05, 0.1) is 54.4 Å². The SMILES string of the molecule is CCOC(=O)CCC(=O)N(CCC(C)C)C(C)c1nc2ccccc2c(=O)n1-c1cc(OC)cc(OC)c1Br. The predicted octanol–water partition coefficient (Wildman–Crippen LogP) is 5.44. The van der Waals surface area contributed by atoms with Gasteiger partial charge in [-0.2, -0.15) is 0 Å². The number of aromatic nitrogens is 2. The summed E-state index contributed by atoms with van der Waals surface area (Å²) >= 11 is 3.59. The van der Waals surface area contributed by atoms with E-state index < -0.39 is 12.0 Å². The van der Waals surface area contributed by atoms with Gasteiger partial charge < -0.3 is 19.1 Å². The van der Waals surface area contributed by atoms with Gasteiger partial charge in [-0.3, -0.25) is 19.0 Å². The number of hydrogen-bond donors (Lipinski definition) is 0. The average molecular weight is 603 g/mol. The fourth-order valence-electron chi connectivity index (χ4n) is 4.31. The first kappa shape index (κ1) is 30.1. The van der Waals surface area contributed by atoms with Gasteiger partial charge in [-0.25, -0.2) is 4.98 Å². The molecule has 0 aliphatic rings. The molecule has 0 bridgehead atoms. The van der Waals surface area contributed by atoms with E-state index in [4.69, 9.17) is 19.2 Å². The molecule has 0 N–H and O–H groups in total. The molecule has 0 spiro atoms. The van der Waals surface area contributed by atoms with Crippen molar-refractivity contribution in [3.8, 4) is 17.2 Å². The molecule has 39 heavy (non-hydrogen) atoms. The van der Waals surface area contributed by atoms with Crippen LogP contribution >= 0.6 is 15.9 Å². The lowest BCUT2D eigenvalue weighted by atomic mass is 10.1. The highest BCUT2D eigenvalue weighted by Crippen LogP contribution is 2.37. The highest BCUT2D eigenvalue weighted by Gasteiger charge is 2.28. The Bertz CT molecular complexity index is 1390. The normalized spacial score (nSPS) is 11.9. The molecule has 3 rings (SSSR count). The van der Waals surface area contributed by atoms with Crippen molar-refractivity contribution in [1.82, 2.24) is 14.5 Å². The lowest BCUT2D eigenvalue weighted by Gasteiger charge is -2.31. The third kappa shape index (κ3) is 6.98. The molecule has 1 heterocycles. The van der Waals surface area contributed by atoms with Gasteiger partial charge in [-0.15, -0.1) is 0 Å². The quantitative estimate of drug-likeness (QED) is 0.255. The summed E-state index contributed by atoms with van der Waals surface area (Å²) in [7, 11) is 3.07. The Morgan fingerprint density at radius 3 is 2.44 bits per heavy atom. The molecular weight excluding hydrogens is 566 g/mol. The molecule has 0 aliphatic heterocycles. The first-order valence-electron chi connectivity index (χ1n) is 13.0. The van der Waals surface area contributed by atoms with Crippen molar-refractivity contribution in [2.45, 2.75) is 53.0 Å². The minimum atomic E-state index is -0.597. The minimum absolute atomic E-state index is 0.00421. The number of carbonyl (C=O) groups is 2. The van der Waals surface area contributed by atoms with Gasteiger partial charge in [0.25, 0.3) is 5.56 Å². The number of carbonyl (C=O) groups excluding carboxylic acids is 2. The number of benzene rings is 2. The Kier molecular flexibility index (Phi) is 10.5. The van der Waals surface area contributed by atoms with Crippen molar-refractivity contribution >= 4 is 38.7 Å². The topological polar surface area (TPSA) is 100.0 Å². The number of amides is 1. The first-order valence-corrected chi connectivity index (χ1v) is 13.8. The summed E-state index contributed by atoms with van der Waals surface area (Å²) in [5.74, 6) is 1.04. The van der Waals surface area contributed by atoms with Gasteiger partial charge in [0.15, 0.2) is 0 Å². The standard InChI is InChI=1S/C29H36BrN3O6/c1-7-39-26(35)13-12-25(34)32(15-14-18(2)3)19(4)28-31-22-11-9-8-10-21(22)29(36)33(28)23-16-20(37-5)17-24(38-6)27(23)30/h8-11,16-19H,7,12-15H2,1-6H3. The average Bonchev–Trinajstić information content (AvgIpc) is 2.92. The summed E-state index contributed by atoms with van der Waals surface area (Å²) in [5, 5.41) is 0.435. The fraction of sp³-hybridized carbons (Fsp3) is 0.448. The van der Waals surface area contributed by atoms with Crippen LogP contribution in [0.3, 0.4) is 0 Å². The van der Waals surface area contributed by atoms with Gasteiger partial charge in [-0.1, -0.05) is 26.0 Å². The van der Waals surface area contributed by atoms with E-state index in [9.17, 15) is 14.4 Å². The fourth-order valence-corrected chi connectivity index (χ4v) is 4.88. The molecule has 0 saturated heterocycles. The van der Waals surface area contributed by atoms with Crippen LogP contribution in [0.25, 0.3) is 16.6 Å². The Balaban J connectivity index is 2.22. The molecule has 9 nitrogen and oxygen atoms in total. The van der Waals surface area contributed by atoms with Crippen LogP contribution in [0.2, 0.25) is 0 Å². The Labute approximate surface area is 237 Å². The van der Waals surface area contributed by atoms with Crippen LogP contribution in [0.1, 0.15) is 58.8 Å². The van der Waals surface area contributed by atoms with Crippen LogP contribution < -0.4 is 15.0 Å². The summed E-state index contributed by atoms with van der Waals surface area (Å²) < 4.78 is 18.1. The molecule has 1 amide bonds. The molecule has 0 saturated carbocycles. The number of methoxy groups -OCH3 is 2. The maximum absolute atomic E-state index is 14.0. The zero-order chi connectivity index (χ0) is 28.7. The maximum Gasteiger partial charge on any atom is 0.306 e. The molecule has 1 atom stereocenters. The number of fused-ring (bicyclic) bond motifs is 1. The Hall–Kier alpha value is -3.40. The number of halogens is 1. The van der Waals surface area contributed by atoms with Crippen LogP contribution in [0.15, 0.2) is 45.7 Å². The maximum atomic E-state index is 14.0. The van der Waals surface area contributed by atoms with E-state index in [1.54, 1.807) is 42.2 Å². The summed E-state index contributed by atoms with van der Waals surface area (Å²) in [6, 6.07) is 9.94. The Morgan fingerprint density at radius 1 is 1.08 bits per heavy atom. The highest BCUT2D eigenvalue weighted by molar-refractivity contribution is 9.10. The van der Waals surface area contributed by atoms with E-state index in [0.717, 1.165) is 6.42 Å². The molecule has 0 radical (unpaired) electrons. The van der Waals surface area contributed by atoms with Crippen LogP contribution in [-0.2, 0) is 14.3 Å². The van der Waals surface area contributed by atoms with E-state index in [1.165, 1.54) is 18.8 Å². The molecule has 0 aliphatic carbocycles. The smallest absolute Gasteiger partial charge is 0.306 e. The highest BCUT2D eigenvalue weighted by atomic mass is 79.9. The zero-order valence-electron chi connectivity index (χ0n) is 23.3. The lowest BCUT2D eigenvalue weighted by molar-refractivity contribution is -0.146. The number of ether oxygens (including phenoxy) is 3. The number of para-hydroxylation sites is 1. The molecular formula is C29H36BrN3O6. The minimum Gasteiger partial charge on any atom is -0.497 e. The van der Waals surface area contributed by atoms with Gasteiger partial charge in [0.1, 0.15) is 17.3 Å². The summed E-state index contributed by atoms with van der Waals surface area (Å²) in [6.45, 7) is 8.43. The van der Waals surface area contributed by atoms with E-state index in [2.05, 4.69) is 29.8 Å². The van der Waals surface area contributed by atoms with Crippen molar-refractivity contribution in [2.24, 2.45) is 5.92 Å². The predicted molar refractivity (Wildman–Crippen MR) is 154 cm³/mol. The number of nitrogens with zero attached hydrogens (tertiary/aromatic N) is 3. The second-order valence-electron chi connectivity index (χ2n) is 9.54. The monoisotopic (exact) mass is 601 g/mol. The molecule has 0 fully saturated rings. The summed E-state index contributed by atoms with van der Waals surface area (Å²) in [5.41, 5.74) is 0.703. The van der Waals surface area contributed by atoms with Gasteiger partial charge in [0, 0.05) is 25.1 Å². The van der Waals surface area contributed by atoms with E-state index >= 15 is 0 Å². The van der Waals surface area contributed by atoms with Crippen LogP contribution in [0.4, 0.5) is 0 Å². The van der Waals surface area contributed by atoms with Gasteiger partial charge in [0.2, 0.25) is 5.91 Å². The molecule has 10 heteroatoms. The van der Waals surface area contributed by atoms with E-state index in [0.29, 0.717) is 50.8 Å². The van der Waals surface area contributed by atoms with Crippen molar-refractivity contribution < 1.29 is 23.8 Å². The van der Waals surface area contributed by atoms with Gasteiger partial charge in [-0.05, 0) is 54.2 Å². The third-order valence-electron chi connectivity index (χ3n) is 6.45. The van der Waals surface area contributed by atoms with Crippen LogP contribution in [-0.4, -0.2) is 53.7 Å². The number of rotatable bonds is 12. The van der Waals surface area contributed by atoms with E-state index in [-0.39, 0.29) is 30.9 Å². The second-order valence-corrected chi connectivity index (χ2v) is 10.3.